The summed E-state index contributed by atoms with van der Waals surface area (Å²) in [6.07, 6.45) is 2.13. The van der Waals surface area contributed by atoms with Crippen LogP contribution in [0.15, 0.2) is 5.10 Å². The zero-order valence-electron chi connectivity index (χ0n) is 9.22. The quantitative estimate of drug-likeness (QED) is 0.699. The molecule has 0 aromatic carbocycles. The molecule has 0 spiro atoms. The third kappa shape index (κ3) is 4.28. The van der Waals surface area contributed by atoms with Gasteiger partial charge in [0.05, 0.1) is 12.2 Å². The highest BCUT2D eigenvalue weighted by atomic mass is 32.2. The van der Waals surface area contributed by atoms with Crippen LogP contribution in [0.1, 0.15) is 32.6 Å². The summed E-state index contributed by atoms with van der Waals surface area (Å²) in [4.78, 5) is 11.4. The normalized spacial score (nSPS) is 16.8. The lowest BCUT2D eigenvalue weighted by Crippen LogP contribution is -2.21. The van der Waals surface area contributed by atoms with Gasteiger partial charge in [-0.3, -0.25) is 9.35 Å². The van der Waals surface area contributed by atoms with E-state index in [1.807, 2.05) is 6.92 Å². The van der Waals surface area contributed by atoms with Crippen molar-refractivity contribution >= 4 is 21.7 Å². The van der Waals surface area contributed by atoms with Crippen LogP contribution in [0.5, 0.6) is 0 Å². The summed E-state index contributed by atoms with van der Waals surface area (Å²) < 4.78 is 29.6. The highest BCUT2D eigenvalue weighted by molar-refractivity contribution is 7.85. The molecule has 0 atom stereocenters. The zero-order chi connectivity index (χ0) is 12.2. The number of carbonyl (C=O) groups excluding carboxylic acids is 1. The molecule has 0 fully saturated rings. The molecule has 7 heteroatoms. The van der Waals surface area contributed by atoms with Gasteiger partial charge in [0.25, 0.3) is 10.1 Å². The Kier molecular flexibility index (Phi) is 4.43. The van der Waals surface area contributed by atoms with Crippen LogP contribution in [0.25, 0.3) is 0 Å². The minimum Gasteiger partial charge on any atom is -0.286 e. The van der Waals surface area contributed by atoms with Crippen molar-refractivity contribution in [3.8, 4) is 0 Å². The molecule has 1 aliphatic heterocycles. The SMILES string of the molecule is CCCCN1N=C(CCS(=O)(=O)O)CC1=O. The fourth-order valence-corrected chi connectivity index (χ4v) is 1.89. The van der Waals surface area contributed by atoms with Gasteiger partial charge in [0.2, 0.25) is 5.91 Å². The van der Waals surface area contributed by atoms with Crippen LogP contribution in [0, 0.1) is 0 Å². The molecule has 1 heterocycles. The molecule has 0 bridgehead atoms. The van der Waals surface area contributed by atoms with Crippen molar-refractivity contribution in [1.29, 1.82) is 0 Å². The maximum atomic E-state index is 11.4. The first-order valence-corrected chi connectivity index (χ1v) is 6.85. The van der Waals surface area contributed by atoms with Gasteiger partial charge in [-0.2, -0.15) is 13.5 Å². The number of nitrogens with zero attached hydrogens (tertiary/aromatic N) is 2. The van der Waals surface area contributed by atoms with Crippen LogP contribution >= 0.6 is 0 Å². The van der Waals surface area contributed by atoms with Gasteiger partial charge >= 0.3 is 0 Å². The first-order valence-electron chi connectivity index (χ1n) is 5.24. The van der Waals surface area contributed by atoms with Crippen molar-refractivity contribution in [1.82, 2.24) is 5.01 Å². The van der Waals surface area contributed by atoms with Gasteiger partial charge in [0.1, 0.15) is 0 Å². The number of hydrogen-bond acceptors (Lipinski definition) is 4. The van der Waals surface area contributed by atoms with E-state index in [9.17, 15) is 13.2 Å². The molecule has 0 aliphatic carbocycles. The number of amides is 1. The van der Waals surface area contributed by atoms with Gasteiger partial charge in [-0.1, -0.05) is 13.3 Å². The summed E-state index contributed by atoms with van der Waals surface area (Å²) in [5.41, 5.74) is 0.527. The molecule has 0 aromatic rings. The van der Waals surface area contributed by atoms with E-state index in [0.29, 0.717) is 12.3 Å². The Morgan fingerprint density at radius 1 is 1.50 bits per heavy atom. The van der Waals surface area contributed by atoms with Gasteiger partial charge in [-0.15, -0.1) is 0 Å². The zero-order valence-corrected chi connectivity index (χ0v) is 10.0. The molecule has 92 valence electrons. The lowest BCUT2D eigenvalue weighted by Gasteiger charge is -2.09. The average molecular weight is 248 g/mol. The molecule has 6 nitrogen and oxygen atoms in total. The van der Waals surface area contributed by atoms with Crippen LogP contribution in [0.4, 0.5) is 0 Å². The highest BCUT2D eigenvalue weighted by Gasteiger charge is 2.23. The van der Waals surface area contributed by atoms with E-state index in [0.717, 1.165) is 12.8 Å². The Bertz CT molecular complexity index is 388. The Labute approximate surface area is 95.1 Å². The van der Waals surface area contributed by atoms with Crippen LogP contribution in [-0.2, 0) is 14.9 Å². The second-order valence-electron chi connectivity index (χ2n) is 3.75. The number of unbranched alkanes of at least 4 members (excludes halogenated alkanes) is 1. The van der Waals surface area contributed by atoms with Gasteiger partial charge in [-0.05, 0) is 6.42 Å². The first-order chi connectivity index (χ1) is 7.42. The first kappa shape index (κ1) is 13.1. The maximum absolute atomic E-state index is 11.4. The minimum atomic E-state index is -3.97. The summed E-state index contributed by atoms with van der Waals surface area (Å²) in [6, 6.07) is 0. The molecule has 0 aromatic heterocycles. The second kappa shape index (κ2) is 5.40. The standard InChI is InChI=1S/C9H16N2O4S/c1-2-3-5-11-9(12)7-8(10-11)4-6-16(13,14)15/h2-7H2,1H3,(H,13,14,15). The largest absolute Gasteiger partial charge is 0.286 e. The van der Waals surface area contributed by atoms with Crippen molar-refractivity contribution in [3.63, 3.8) is 0 Å². The predicted octanol–water partition coefficient (Wildman–Crippen LogP) is 0.653. The molecule has 1 rings (SSSR count). The Morgan fingerprint density at radius 2 is 2.19 bits per heavy atom. The topological polar surface area (TPSA) is 87.0 Å². The highest BCUT2D eigenvalue weighted by Crippen LogP contribution is 2.12. The summed E-state index contributed by atoms with van der Waals surface area (Å²) in [7, 11) is -3.97. The van der Waals surface area contributed by atoms with Gasteiger partial charge < -0.3 is 0 Å². The average Bonchev–Trinajstić information content (AvgIpc) is 2.52. The van der Waals surface area contributed by atoms with E-state index >= 15 is 0 Å². The minimum absolute atomic E-state index is 0.0983. The van der Waals surface area contributed by atoms with Crippen LogP contribution < -0.4 is 0 Å². The number of carbonyl (C=O) groups is 1. The molecule has 0 unspecified atom stereocenters. The fraction of sp³-hybridized carbons (Fsp3) is 0.778. The molecular weight excluding hydrogens is 232 g/mol. The second-order valence-corrected chi connectivity index (χ2v) is 5.32. The van der Waals surface area contributed by atoms with E-state index in [1.165, 1.54) is 5.01 Å². The molecule has 0 saturated carbocycles. The van der Waals surface area contributed by atoms with Crippen molar-refractivity contribution in [2.45, 2.75) is 32.6 Å². The van der Waals surface area contributed by atoms with Crippen LogP contribution in [0.2, 0.25) is 0 Å². The number of hydrazone groups is 1. The molecule has 1 amide bonds. The Balaban J connectivity index is 2.47. The molecule has 0 radical (unpaired) electrons. The summed E-state index contributed by atoms with van der Waals surface area (Å²) >= 11 is 0. The predicted molar refractivity (Wildman–Crippen MR) is 59.7 cm³/mol. The van der Waals surface area contributed by atoms with Crippen molar-refractivity contribution in [2.75, 3.05) is 12.3 Å². The van der Waals surface area contributed by atoms with Gasteiger partial charge in [0, 0.05) is 18.7 Å². The van der Waals surface area contributed by atoms with Crippen molar-refractivity contribution in [3.05, 3.63) is 0 Å². The van der Waals surface area contributed by atoms with E-state index < -0.39 is 10.1 Å². The van der Waals surface area contributed by atoms with E-state index in [-0.39, 0.29) is 24.5 Å². The molecular formula is C9H16N2O4S. The molecule has 16 heavy (non-hydrogen) atoms. The molecule has 1 aliphatic rings. The van der Waals surface area contributed by atoms with Crippen LogP contribution in [0.3, 0.4) is 0 Å². The van der Waals surface area contributed by atoms with Gasteiger partial charge in [-0.25, -0.2) is 5.01 Å². The molecule has 1 N–H and O–H groups in total. The Hall–Kier alpha value is -0.950. The van der Waals surface area contributed by atoms with Gasteiger partial charge in [0.15, 0.2) is 0 Å². The third-order valence-corrected chi connectivity index (χ3v) is 3.00. The summed E-state index contributed by atoms with van der Waals surface area (Å²) in [6.45, 7) is 2.59. The van der Waals surface area contributed by atoms with Crippen molar-refractivity contribution in [2.24, 2.45) is 5.10 Å². The summed E-state index contributed by atoms with van der Waals surface area (Å²) in [5, 5.41) is 5.41. The smallest absolute Gasteiger partial charge is 0.265 e. The Morgan fingerprint density at radius 3 is 2.75 bits per heavy atom. The lowest BCUT2D eigenvalue weighted by molar-refractivity contribution is -0.128. The lowest BCUT2D eigenvalue weighted by atomic mass is 10.2. The monoisotopic (exact) mass is 248 g/mol. The van der Waals surface area contributed by atoms with E-state index in [4.69, 9.17) is 4.55 Å². The molecule has 0 saturated heterocycles. The van der Waals surface area contributed by atoms with E-state index in [1.54, 1.807) is 0 Å². The van der Waals surface area contributed by atoms with Crippen molar-refractivity contribution < 1.29 is 17.8 Å². The van der Waals surface area contributed by atoms with Crippen LogP contribution in [-0.4, -0.2) is 41.9 Å². The number of rotatable bonds is 6. The fourth-order valence-electron chi connectivity index (χ4n) is 1.40. The van der Waals surface area contributed by atoms with E-state index in [2.05, 4.69) is 5.10 Å². The maximum Gasteiger partial charge on any atom is 0.265 e. The third-order valence-electron chi connectivity index (χ3n) is 2.28. The summed E-state index contributed by atoms with van der Waals surface area (Å²) in [5.74, 6) is -0.473. The number of hydrogen-bond donors (Lipinski definition) is 1.